The molecule has 1 saturated heterocycles. The average Bonchev–Trinajstić information content (AvgIpc) is 3.73. The Bertz CT molecular complexity index is 1930. The minimum atomic E-state index is -4.46. The summed E-state index contributed by atoms with van der Waals surface area (Å²) in [7, 11) is 2.08. The standard InChI is InChI=1S/C32H35F3N8O3S/c1-31(2,3)46-30(45)43-25-14-19(8-9-20(25)16-37-43)28(44)36-17-27-39-40-29(47-27)26-15-22-23(38-21-10-12-41(4)13-11-21)6-5-7-24(22)42(26)18-32(33,34)35/h5-9,14-16,21,38H,10-13,17-18H2,1-4H3,(H,36,44). The number of alkyl halides is 3. The quantitative estimate of drug-likeness (QED) is 0.208. The molecule has 0 spiro atoms. The highest BCUT2D eigenvalue weighted by atomic mass is 32.1. The predicted octanol–water partition coefficient (Wildman–Crippen LogP) is 6.29. The van der Waals surface area contributed by atoms with Crippen molar-refractivity contribution in [3.05, 3.63) is 59.2 Å². The van der Waals surface area contributed by atoms with E-state index in [1.54, 1.807) is 57.2 Å². The Kier molecular flexibility index (Phi) is 8.70. The van der Waals surface area contributed by atoms with Crippen molar-refractivity contribution in [1.29, 1.82) is 0 Å². The van der Waals surface area contributed by atoms with Gasteiger partial charge in [0.05, 0.1) is 29.5 Å². The van der Waals surface area contributed by atoms with Crippen molar-refractivity contribution in [2.24, 2.45) is 0 Å². The summed E-state index contributed by atoms with van der Waals surface area (Å²) in [6, 6.07) is 12.1. The molecule has 4 heterocycles. The van der Waals surface area contributed by atoms with Crippen LogP contribution in [0, 0.1) is 0 Å². The van der Waals surface area contributed by atoms with Crippen LogP contribution in [0.4, 0.5) is 23.7 Å². The van der Waals surface area contributed by atoms with Crippen LogP contribution in [0.3, 0.4) is 0 Å². The van der Waals surface area contributed by atoms with Crippen LogP contribution >= 0.6 is 11.3 Å². The summed E-state index contributed by atoms with van der Waals surface area (Å²) in [6.45, 7) is 5.95. The lowest BCUT2D eigenvalue weighted by Gasteiger charge is -2.30. The Morgan fingerprint density at radius 3 is 2.53 bits per heavy atom. The molecule has 0 saturated carbocycles. The molecule has 1 aliphatic heterocycles. The second-order valence-corrected chi connectivity index (χ2v) is 13.7. The first-order valence-corrected chi connectivity index (χ1v) is 16.0. The van der Waals surface area contributed by atoms with Gasteiger partial charge in [-0.2, -0.15) is 23.0 Å². The Morgan fingerprint density at radius 1 is 1.04 bits per heavy atom. The number of ether oxygens (including phenoxy) is 1. The number of hydrogen-bond acceptors (Lipinski definition) is 9. The highest BCUT2D eigenvalue weighted by molar-refractivity contribution is 7.14. The maximum Gasteiger partial charge on any atom is 0.435 e. The van der Waals surface area contributed by atoms with Gasteiger partial charge in [0.2, 0.25) is 0 Å². The van der Waals surface area contributed by atoms with Crippen molar-refractivity contribution in [2.45, 2.75) is 64.5 Å². The van der Waals surface area contributed by atoms with E-state index in [0.29, 0.717) is 37.5 Å². The van der Waals surface area contributed by atoms with Crippen molar-refractivity contribution < 1.29 is 27.5 Å². The Balaban J connectivity index is 1.22. The van der Waals surface area contributed by atoms with E-state index in [9.17, 15) is 22.8 Å². The number of carbonyl (C=O) groups excluding carboxylic acids is 2. The summed E-state index contributed by atoms with van der Waals surface area (Å²) >= 11 is 1.11. The second-order valence-electron chi connectivity index (χ2n) is 12.7. The van der Waals surface area contributed by atoms with Crippen molar-refractivity contribution >= 4 is 50.8 Å². The molecule has 0 aliphatic carbocycles. The summed E-state index contributed by atoms with van der Waals surface area (Å²) in [5.74, 6) is -0.434. The fourth-order valence-corrected chi connectivity index (χ4v) is 6.41. The predicted molar refractivity (Wildman–Crippen MR) is 174 cm³/mol. The van der Waals surface area contributed by atoms with Gasteiger partial charge in [-0.25, -0.2) is 4.79 Å². The number of nitrogens with zero attached hydrogens (tertiary/aromatic N) is 6. The van der Waals surface area contributed by atoms with Gasteiger partial charge in [-0.15, -0.1) is 10.2 Å². The number of nitrogens with one attached hydrogen (secondary N) is 2. The van der Waals surface area contributed by atoms with E-state index >= 15 is 0 Å². The fourth-order valence-electron chi connectivity index (χ4n) is 5.61. The number of likely N-dealkylation sites (tertiary alicyclic amines) is 1. The number of benzene rings is 2. The first kappa shape index (κ1) is 32.4. The van der Waals surface area contributed by atoms with E-state index in [2.05, 4.69) is 37.9 Å². The monoisotopic (exact) mass is 668 g/mol. The number of hydrogen-bond donors (Lipinski definition) is 2. The van der Waals surface area contributed by atoms with Crippen molar-refractivity contribution in [3.63, 3.8) is 0 Å². The third-order valence-corrected chi connectivity index (χ3v) is 8.79. The number of carbonyl (C=O) groups is 2. The second kappa shape index (κ2) is 12.6. The smallest absolute Gasteiger partial charge is 0.435 e. The minimum absolute atomic E-state index is 0.00228. The molecule has 47 heavy (non-hydrogen) atoms. The Labute approximate surface area is 272 Å². The maximum absolute atomic E-state index is 13.8. The molecule has 5 aromatic rings. The van der Waals surface area contributed by atoms with Crippen molar-refractivity contribution in [1.82, 2.24) is 34.8 Å². The summed E-state index contributed by atoms with van der Waals surface area (Å²) in [6.07, 6.45) is -1.74. The molecule has 3 aromatic heterocycles. The number of piperidine rings is 1. The van der Waals surface area contributed by atoms with E-state index in [1.165, 1.54) is 10.8 Å². The number of halogens is 3. The van der Waals surface area contributed by atoms with E-state index in [1.807, 2.05) is 6.07 Å². The molecule has 0 atom stereocenters. The van der Waals surface area contributed by atoms with E-state index < -0.39 is 30.3 Å². The molecular weight excluding hydrogens is 633 g/mol. The number of amides is 1. The molecule has 0 unspecified atom stereocenters. The summed E-state index contributed by atoms with van der Waals surface area (Å²) in [5.41, 5.74) is 1.49. The van der Waals surface area contributed by atoms with Crippen LogP contribution in [0.2, 0.25) is 0 Å². The summed E-state index contributed by atoms with van der Waals surface area (Å²) in [4.78, 5) is 28.0. The Morgan fingerprint density at radius 2 is 1.81 bits per heavy atom. The van der Waals surface area contributed by atoms with Crippen LogP contribution in [-0.2, 0) is 17.8 Å². The van der Waals surface area contributed by atoms with Crippen LogP contribution in [-0.4, -0.2) is 79.4 Å². The molecule has 15 heteroatoms. The lowest BCUT2D eigenvalue weighted by molar-refractivity contribution is -0.139. The molecule has 248 valence electrons. The average molecular weight is 669 g/mol. The fraction of sp³-hybridized carbons (Fsp3) is 0.406. The SMILES string of the molecule is CN1CCC(Nc2cccc3c2cc(-c2nnc(CNC(=O)c4ccc5cnn(C(=O)OC(C)(C)C)c5c4)s2)n3CC(F)(F)F)CC1. The zero-order valence-electron chi connectivity index (χ0n) is 26.4. The highest BCUT2D eigenvalue weighted by Crippen LogP contribution is 2.36. The Hall–Kier alpha value is -4.50. The van der Waals surface area contributed by atoms with Crippen molar-refractivity contribution in [2.75, 3.05) is 25.5 Å². The molecule has 0 radical (unpaired) electrons. The van der Waals surface area contributed by atoms with Gasteiger partial charge < -0.3 is 24.8 Å². The lowest BCUT2D eigenvalue weighted by atomic mass is 10.0. The molecule has 1 fully saturated rings. The van der Waals surface area contributed by atoms with Gasteiger partial charge >= 0.3 is 12.3 Å². The lowest BCUT2D eigenvalue weighted by Crippen LogP contribution is -2.36. The molecule has 0 bridgehead atoms. The number of fused-ring (bicyclic) bond motifs is 2. The summed E-state index contributed by atoms with van der Waals surface area (Å²) < 4.78 is 49.1. The van der Waals surface area contributed by atoms with Gasteiger partial charge in [0.15, 0.2) is 5.01 Å². The van der Waals surface area contributed by atoms with Crippen LogP contribution < -0.4 is 10.6 Å². The zero-order chi connectivity index (χ0) is 33.5. The molecule has 11 nitrogen and oxygen atoms in total. The molecular formula is C32H35F3N8O3S. The molecule has 2 N–H and O–H groups in total. The number of aromatic nitrogens is 5. The van der Waals surface area contributed by atoms with Gasteiger partial charge in [-0.3, -0.25) is 4.79 Å². The normalized spacial score (nSPS) is 15.0. The third kappa shape index (κ3) is 7.41. The van der Waals surface area contributed by atoms with Crippen LogP contribution in [0.1, 0.15) is 49.0 Å². The van der Waals surface area contributed by atoms with Gasteiger partial charge in [0, 0.05) is 28.1 Å². The molecule has 1 amide bonds. The molecule has 6 rings (SSSR count). The van der Waals surface area contributed by atoms with Gasteiger partial charge in [0.1, 0.15) is 17.2 Å². The van der Waals surface area contributed by atoms with E-state index in [-0.39, 0.29) is 18.2 Å². The van der Waals surface area contributed by atoms with Crippen LogP contribution in [0.25, 0.3) is 32.5 Å². The number of anilines is 1. The zero-order valence-corrected chi connectivity index (χ0v) is 27.2. The maximum atomic E-state index is 13.8. The van der Waals surface area contributed by atoms with Gasteiger partial charge in [-0.1, -0.05) is 23.5 Å². The summed E-state index contributed by atoms with van der Waals surface area (Å²) in [5, 5.41) is 20.9. The van der Waals surface area contributed by atoms with E-state index in [4.69, 9.17) is 4.74 Å². The minimum Gasteiger partial charge on any atom is -0.442 e. The topological polar surface area (TPSA) is 119 Å². The first-order chi connectivity index (χ1) is 22.2. The largest absolute Gasteiger partial charge is 0.442 e. The van der Waals surface area contributed by atoms with Crippen molar-refractivity contribution in [3.8, 4) is 10.7 Å². The van der Waals surface area contributed by atoms with Crippen LogP contribution in [0.15, 0.2) is 48.7 Å². The number of rotatable bonds is 7. The van der Waals surface area contributed by atoms with E-state index in [0.717, 1.165) is 47.6 Å². The third-order valence-electron chi connectivity index (χ3n) is 7.85. The molecule has 2 aromatic carbocycles. The van der Waals surface area contributed by atoms with Gasteiger partial charge in [0.25, 0.3) is 5.91 Å². The first-order valence-electron chi connectivity index (χ1n) is 15.2. The highest BCUT2D eigenvalue weighted by Gasteiger charge is 2.31. The van der Waals surface area contributed by atoms with Crippen LogP contribution in [0.5, 0.6) is 0 Å². The molecule has 1 aliphatic rings. The van der Waals surface area contributed by atoms with Gasteiger partial charge in [-0.05, 0) is 84.1 Å².